The van der Waals surface area contributed by atoms with Crippen molar-refractivity contribution in [2.24, 2.45) is 11.3 Å². The van der Waals surface area contributed by atoms with Crippen LogP contribution in [-0.4, -0.2) is 79.5 Å². The lowest BCUT2D eigenvalue weighted by molar-refractivity contribution is -0.146. The lowest BCUT2D eigenvalue weighted by Gasteiger charge is -2.42. The van der Waals surface area contributed by atoms with Crippen molar-refractivity contribution in [3.63, 3.8) is 0 Å². The fraction of sp³-hybridized carbons (Fsp3) is 0.769. The number of amides is 1. The summed E-state index contributed by atoms with van der Waals surface area (Å²) in [6.45, 7) is 6.71. The molecule has 3 aliphatic heterocycles. The van der Waals surface area contributed by atoms with Crippen molar-refractivity contribution < 1.29 is 27.4 Å². The monoisotopic (exact) mass is 510 g/mol. The lowest BCUT2D eigenvalue weighted by atomic mass is 9.74. The smallest absolute Gasteiger partial charge is 0.379 e. The van der Waals surface area contributed by atoms with Crippen molar-refractivity contribution in [2.45, 2.75) is 82.4 Å². The van der Waals surface area contributed by atoms with Crippen molar-refractivity contribution in [1.82, 2.24) is 15.2 Å². The van der Waals surface area contributed by atoms with Gasteiger partial charge in [-0.15, -0.1) is 0 Å². The van der Waals surface area contributed by atoms with Crippen LogP contribution < -0.4 is 10.2 Å². The van der Waals surface area contributed by atoms with Crippen molar-refractivity contribution in [3.8, 4) is 0 Å². The number of anilines is 1. The molecular formula is C26H37F3N4O3. The second kappa shape index (κ2) is 9.76. The highest BCUT2D eigenvalue weighted by molar-refractivity contribution is 5.84. The summed E-state index contributed by atoms with van der Waals surface area (Å²) in [6.07, 6.45) is 1.06. The molecule has 2 bridgehead atoms. The van der Waals surface area contributed by atoms with E-state index in [-0.39, 0.29) is 42.1 Å². The van der Waals surface area contributed by atoms with Gasteiger partial charge in [-0.1, -0.05) is 13.8 Å². The molecule has 0 radical (unpaired) electrons. The average molecular weight is 511 g/mol. The van der Waals surface area contributed by atoms with E-state index in [9.17, 15) is 18.0 Å². The van der Waals surface area contributed by atoms with Gasteiger partial charge in [0, 0.05) is 56.8 Å². The molecule has 1 aliphatic carbocycles. The Morgan fingerprint density at radius 3 is 2.75 bits per heavy atom. The number of rotatable bonds is 6. The Bertz CT molecular complexity index is 961. The van der Waals surface area contributed by atoms with Gasteiger partial charge in [-0.05, 0) is 50.2 Å². The van der Waals surface area contributed by atoms with Crippen LogP contribution in [-0.2, 0) is 20.4 Å². The number of likely N-dealkylation sites (tertiary alicyclic amines) is 1. The first kappa shape index (κ1) is 25.7. The minimum Gasteiger partial charge on any atom is -0.379 e. The van der Waals surface area contributed by atoms with Gasteiger partial charge in [-0.2, -0.15) is 13.2 Å². The molecule has 0 aromatic carbocycles. The van der Waals surface area contributed by atoms with Gasteiger partial charge in [0.1, 0.15) is 5.69 Å². The molecule has 1 saturated carbocycles. The predicted molar refractivity (Wildman–Crippen MR) is 129 cm³/mol. The number of nitrogens with zero attached hydrogens (tertiary/aromatic N) is 3. The maximum Gasteiger partial charge on any atom is 0.433 e. The number of halogens is 3. The van der Waals surface area contributed by atoms with Crippen LogP contribution in [0.25, 0.3) is 0 Å². The third kappa shape index (κ3) is 4.60. The number of hydrogen-bond acceptors (Lipinski definition) is 6. The van der Waals surface area contributed by atoms with E-state index in [4.69, 9.17) is 9.47 Å². The molecule has 10 heteroatoms. The summed E-state index contributed by atoms with van der Waals surface area (Å²) >= 11 is 0. The first-order valence-corrected chi connectivity index (χ1v) is 13.1. The number of ether oxygens (including phenoxy) is 2. The number of piperazine rings is 1. The molecule has 5 rings (SSSR count). The zero-order valence-corrected chi connectivity index (χ0v) is 21.3. The number of hydrogen-bond donors (Lipinski definition) is 1. The molecule has 36 heavy (non-hydrogen) atoms. The van der Waals surface area contributed by atoms with Gasteiger partial charge in [-0.25, -0.2) is 0 Å². The summed E-state index contributed by atoms with van der Waals surface area (Å²) in [4.78, 5) is 21.6. The molecule has 1 amide bonds. The molecule has 1 aromatic rings. The summed E-state index contributed by atoms with van der Waals surface area (Å²) in [5, 5.41) is 3.77. The summed E-state index contributed by atoms with van der Waals surface area (Å²) in [6, 6.07) is 3.30. The summed E-state index contributed by atoms with van der Waals surface area (Å²) in [5.74, 6) is 0.421. The van der Waals surface area contributed by atoms with Gasteiger partial charge >= 0.3 is 6.18 Å². The number of methoxy groups -OCH3 is 1. The highest BCUT2D eigenvalue weighted by Gasteiger charge is 2.54. The van der Waals surface area contributed by atoms with Gasteiger partial charge in [0.2, 0.25) is 5.91 Å². The van der Waals surface area contributed by atoms with E-state index in [1.165, 1.54) is 6.20 Å². The number of alkyl halides is 3. The quantitative estimate of drug-likeness (QED) is 0.632. The van der Waals surface area contributed by atoms with Crippen LogP contribution in [0.1, 0.15) is 51.6 Å². The van der Waals surface area contributed by atoms with Crippen LogP contribution in [0, 0.1) is 11.3 Å². The zero-order chi connectivity index (χ0) is 25.7. The van der Waals surface area contributed by atoms with E-state index in [1.807, 2.05) is 9.80 Å². The topological polar surface area (TPSA) is 66.9 Å². The third-order valence-corrected chi connectivity index (χ3v) is 9.00. The molecule has 4 heterocycles. The average Bonchev–Trinajstić information content (AvgIpc) is 3.58. The van der Waals surface area contributed by atoms with Crippen molar-refractivity contribution in [3.05, 3.63) is 24.0 Å². The Balaban J connectivity index is 1.26. The molecule has 200 valence electrons. The third-order valence-electron chi connectivity index (χ3n) is 9.00. The van der Waals surface area contributed by atoms with E-state index < -0.39 is 17.3 Å². The molecule has 0 unspecified atom stereocenters. The van der Waals surface area contributed by atoms with Crippen LogP contribution in [0.5, 0.6) is 0 Å². The Labute approximate surface area is 210 Å². The number of nitrogens with one attached hydrogen (secondary N) is 1. The number of carbonyl (C=O) groups is 1. The van der Waals surface area contributed by atoms with E-state index in [2.05, 4.69) is 24.1 Å². The molecule has 1 N–H and O–H groups in total. The largest absolute Gasteiger partial charge is 0.433 e. The van der Waals surface area contributed by atoms with Crippen molar-refractivity contribution in [1.29, 1.82) is 0 Å². The number of fused-ring (bicyclic) bond motifs is 2. The summed E-state index contributed by atoms with van der Waals surface area (Å²) in [5.41, 5.74) is -0.759. The Kier molecular flexibility index (Phi) is 6.97. The molecule has 6 atom stereocenters. The van der Waals surface area contributed by atoms with Crippen LogP contribution in [0.4, 0.5) is 18.9 Å². The fourth-order valence-electron chi connectivity index (χ4n) is 6.89. The molecular weight excluding hydrogens is 473 g/mol. The van der Waals surface area contributed by atoms with Crippen LogP contribution in [0.3, 0.4) is 0 Å². The van der Waals surface area contributed by atoms with E-state index in [1.54, 1.807) is 13.2 Å². The van der Waals surface area contributed by atoms with Crippen LogP contribution in [0.2, 0.25) is 0 Å². The summed E-state index contributed by atoms with van der Waals surface area (Å²) < 4.78 is 50.7. The lowest BCUT2D eigenvalue weighted by Crippen LogP contribution is -2.55. The van der Waals surface area contributed by atoms with Crippen LogP contribution >= 0.6 is 0 Å². The van der Waals surface area contributed by atoms with Gasteiger partial charge in [-0.3, -0.25) is 9.78 Å². The number of aromatic nitrogens is 1. The minimum atomic E-state index is -4.47. The molecule has 1 aromatic heterocycles. The summed E-state index contributed by atoms with van der Waals surface area (Å²) in [7, 11) is 1.71. The van der Waals surface area contributed by atoms with E-state index >= 15 is 0 Å². The highest BCUT2D eigenvalue weighted by atomic mass is 19.4. The van der Waals surface area contributed by atoms with E-state index in [0.29, 0.717) is 32.0 Å². The minimum absolute atomic E-state index is 0.0230. The van der Waals surface area contributed by atoms with Gasteiger partial charge in [0.25, 0.3) is 0 Å². The Morgan fingerprint density at radius 2 is 2.08 bits per heavy atom. The molecule has 3 saturated heterocycles. The van der Waals surface area contributed by atoms with Gasteiger partial charge < -0.3 is 24.6 Å². The molecule has 7 nitrogen and oxygen atoms in total. The maximum atomic E-state index is 14.1. The van der Waals surface area contributed by atoms with Gasteiger partial charge in [0.05, 0.1) is 24.2 Å². The Hall–Kier alpha value is -1.91. The van der Waals surface area contributed by atoms with E-state index in [0.717, 1.165) is 38.2 Å². The molecule has 0 spiro atoms. The first-order chi connectivity index (χ1) is 17.1. The second-order valence-electron chi connectivity index (χ2n) is 11.2. The van der Waals surface area contributed by atoms with Crippen molar-refractivity contribution >= 4 is 11.6 Å². The van der Waals surface area contributed by atoms with Crippen molar-refractivity contribution in [2.75, 3.05) is 38.3 Å². The molecule has 4 aliphatic rings. The highest BCUT2D eigenvalue weighted by Crippen LogP contribution is 2.48. The normalized spacial score (nSPS) is 34.7. The maximum absolute atomic E-state index is 14.1. The Morgan fingerprint density at radius 1 is 1.28 bits per heavy atom. The number of pyridine rings is 1. The fourth-order valence-corrected chi connectivity index (χ4v) is 6.89. The van der Waals surface area contributed by atoms with Crippen LogP contribution in [0.15, 0.2) is 18.3 Å². The number of carbonyl (C=O) groups excluding carboxylic acids is 1. The zero-order valence-electron chi connectivity index (χ0n) is 21.3. The molecule has 4 fully saturated rings. The van der Waals surface area contributed by atoms with Gasteiger partial charge in [0.15, 0.2) is 0 Å². The second-order valence-corrected chi connectivity index (χ2v) is 11.2. The predicted octanol–water partition coefficient (Wildman–Crippen LogP) is 3.48. The SMILES string of the molecule is CO[C@@H]1COCC[C@@H]1N[C@@H]1CC[C@@](C(=O)N2C[C@H]3C[C@H]2CN3c2ccnc(C(F)(F)F)c2)(C(C)C)C1. The first-order valence-electron chi connectivity index (χ1n) is 13.1. The standard InChI is InChI=1S/C26H37F3N4O3/c1-16(2)25(7-4-17(12-25)31-21-6-9-36-15-22(21)35-3)24(34)33-14-19-10-20(33)13-32(19)18-5-8-30-23(11-18)26(27,28)29/h5,8,11,16-17,19-22,31H,4,6-7,9-10,12-15H2,1-3H3/t17-,19-,20+,21+,22-,25+/m1/s1.